The number of carbonyl (C=O) groups is 2. The molecule has 46 heavy (non-hydrogen) atoms. The van der Waals surface area contributed by atoms with E-state index in [-0.39, 0.29) is 28.8 Å². The van der Waals surface area contributed by atoms with E-state index in [1.54, 1.807) is 18.4 Å². The molecule has 5 aliphatic carbocycles. The Labute approximate surface area is 277 Å². The van der Waals surface area contributed by atoms with Crippen LogP contribution in [-0.2, 0) is 14.9 Å². The maximum absolute atomic E-state index is 14.5. The van der Waals surface area contributed by atoms with Crippen molar-refractivity contribution in [2.75, 3.05) is 37.5 Å². The molecule has 2 heterocycles. The smallest absolute Gasteiger partial charge is 0.407 e. The first kappa shape index (κ1) is 31.2. The fraction of sp³-hybridized carbons (Fsp3) is 0.568. The van der Waals surface area contributed by atoms with E-state index in [0.29, 0.717) is 5.92 Å². The molecule has 0 radical (unpaired) electrons. The van der Waals surface area contributed by atoms with Gasteiger partial charge < -0.3 is 19.9 Å². The molecular formula is C37H47N5O3S. The second kappa shape index (κ2) is 12.6. The van der Waals surface area contributed by atoms with Gasteiger partial charge in [-0.25, -0.2) is 14.8 Å². The Morgan fingerprint density at radius 2 is 1.67 bits per heavy atom. The Hall–Kier alpha value is -3.46. The number of rotatable bonds is 9. The molecule has 8 rings (SSSR count). The molecule has 9 heteroatoms. The predicted molar refractivity (Wildman–Crippen MR) is 184 cm³/mol. The highest BCUT2D eigenvalue weighted by Crippen LogP contribution is 2.58. The number of carbonyl (C=O) groups excluding carboxylic acids is 2. The zero-order valence-electron chi connectivity index (χ0n) is 27.5. The molecule has 0 unspecified atom stereocenters. The van der Waals surface area contributed by atoms with Gasteiger partial charge in [0.15, 0.2) is 0 Å². The fourth-order valence-electron chi connectivity index (χ4n) is 8.16. The van der Waals surface area contributed by atoms with Crippen molar-refractivity contribution < 1.29 is 14.3 Å². The standard InChI is InChI=1S/C37H47N5O3S/c1-38-35(44)45-30-12-9-26(10-13-30)34(43)42(29-6-4-5-27(21-29)31-23-40-33(46-31)25-7-8-25)24-36-15-18-37(19-16-36,20-17-36)28-11-14-32(39-22-28)41(2)3/h4-6,11,14,21-23,25-26,30H,7-10,12-13,15-20,24H2,1-3H3,(H,38,44). The lowest BCUT2D eigenvalue weighted by Gasteiger charge is -2.55. The SMILES string of the molecule is CNC(=O)OC1CCC(C(=O)N(CC23CCC(c4ccc(N(C)C)nc4)(CC2)CC3)c2cccc(-c3cnc(C4CC4)s3)c2)CC1. The van der Waals surface area contributed by atoms with Crippen LogP contribution in [0.3, 0.4) is 0 Å². The van der Waals surface area contributed by atoms with Crippen LogP contribution < -0.4 is 15.1 Å². The number of hydrogen-bond donors (Lipinski definition) is 1. The number of benzene rings is 1. The molecular weight excluding hydrogens is 595 g/mol. The molecule has 0 saturated heterocycles. The summed E-state index contributed by atoms with van der Waals surface area (Å²) in [6.45, 7) is 0.758. The van der Waals surface area contributed by atoms with Crippen LogP contribution in [-0.4, -0.2) is 55.8 Å². The van der Waals surface area contributed by atoms with Crippen LogP contribution in [0, 0.1) is 11.3 Å². The van der Waals surface area contributed by atoms with Gasteiger partial charge in [-0.15, -0.1) is 11.3 Å². The average molecular weight is 642 g/mol. The van der Waals surface area contributed by atoms with Crippen molar-refractivity contribution in [2.45, 2.75) is 94.5 Å². The van der Waals surface area contributed by atoms with E-state index < -0.39 is 6.09 Å². The summed E-state index contributed by atoms with van der Waals surface area (Å²) >= 11 is 1.80. The van der Waals surface area contributed by atoms with E-state index in [9.17, 15) is 9.59 Å². The van der Waals surface area contributed by atoms with Crippen LogP contribution in [0.1, 0.15) is 93.5 Å². The predicted octanol–water partition coefficient (Wildman–Crippen LogP) is 7.69. The molecule has 0 atom stereocenters. The van der Waals surface area contributed by atoms with Gasteiger partial charge in [0.05, 0.1) is 9.88 Å². The summed E-state index contributed by atoms with van der Waals surface area (Å²) in [5.74, 6) is 1.78. The number of ether oxygens (including phenoxy) is 1. The van der Waals surface area contributed by atoms with Crippen molar-refractivity contribution in [1.82, 2.24) is 15.3 Å². The summed E-state index contributed by atoms with van der Waals surface area (Å²) in [5, 5.41) is 3.79. The number of pyridine rings is 1. The number of anilines is 2. The lowest BCUT2D eigenvalue weighted by Crippen LogP contribution is -2.51. The van der Waals surface area contributed by atoms with Gasteiger partial charge in [-0.2, -0.15) is 0 Å². The van der Waals surface area contributed by atoms with Gasteiger partial charge in [0.1, 0.15) is 11.9 Å². The van der Waals surface area contributed by atoms with Gasteiger partial charge in [-0.3, -0.25) is 4.79 Å². The highest BCUT2D eigenvalue weighted by atomic mass is 32.1. The Bertz CT molecular complexity index is 1530. The molecule has 0 aliphatic heterocycles. The van der Waals surface area contributed by atoms with E-state index in [4.69, 9.17) is 14.7 Å². The number of amides is 2. The number of nitrogens with zero attached hydrogens (tertiary/aromatic N) is 4. The van der Waals surface area contributed by atoms with Crippen LogP contribution in [0.5, 0.6) is 0 Å². The molecule has 2 amide bonds. The summed E-state index contributed by atoms with van der Waals surface area (Å²) < 4.78 is 5.54. The Balaban J connectivity index is 1.12. The second-order valence-electron chi connectivity index (χ2n) is 14.5. The van der Waals surface area contributed by atoms with Gasteiger partial charge in [-0.05, 0) is 117 Å². The Kier molecular flexibility index (Phi) is 8.55. The van der Waals surface area contributed by atoms with Crippen molar-refractivity contribution in [2.24, 2.45) is 11.3 Å². The first-order valence-electron chi connectivity index (χ1n) is 17.2. The fourth-order valence-corrected chi connectivity index (χ4v) is 9.24. The molecule has 3 aromatic rings. The third-order valence-electron chi connectivity index (χ3n) is 11.4. The van der Waals surface area contributed by atoms with Crippen molar-refractivity contribution in [3.05, 3.63) is 59.4 Å². The van der Waals surface area contributed by atoms with E-state index in [1.807, 2.05) is 20.3 Å². The zero-order chi connectivity index (χ0) is 31.9. The molecule has 2 bridgehead atoms. The lowest BCUT2D eigenvalue weighted by molar-refractivity contribution is -0.124. The van der Waals surface area contributed by atoms with Crippen LogP contribution in [0.15, 0.2) is 48.8 Å². The zero-order valence-corrected chi connectivity index (χ0v) is 28.3. The van der Waals surface area contributed by atoms with Gasteiger partial charge in [0.2, 0.25) is 5.91 Å². The molecule has 1 N–H and O–H groups in total. The highest BCUT2D eigenvalue weighted by Gasteiger charge is 2.51. The molecule has 5 saturated carbocycles. The third kappa shape index (κ3) is 6.27. The first-order valence-corrected chi connectivity index (χ1v) is 18.0. The minimum Gasteiger partial charge on any atom is -0.446 e. The summed E-state index contributed by atoms with van der Waals surface area (Å²) in [6, 6.07) is 13.0. The molecule has 244 valence electrons. The summed E-state index contributed by atoms with van der Waals surface area (Å²) in [4.78, 5) is 41.2. The highest BCUT2D eigenvalue weighted by molar-refractivity contribution is 7.15. The van der Waals surface area contributed by atoms with Gasteiger partial charge >= 0.3 is 6.09 Å². The Morgan fingerprint density at radius 1 is 0.935 bits per heavy atom. The number of alkyl carbamates (subject to hydrolysis) is 1. The maximum atomic E-state index is 14.5. The molecule has 8 nitrogen and oxygen atoms in total. The van der Waals surface area contributed by atoms with Crippen LogP contribution >= 0.6 is 11.3 Å². The van der Waals surface area contributed by atoms with Gasteiger partial charge in [-0.1, -0.05) is 18.2 Å². The van der Waals surface area contributed by atoms with Crippen molar-refractivity contribution in [3.63, 3.8) is 0 Å². The van der Waals surface area contributed by atoms with E-state index in [0.717, 1.165) is 87.8 Å². The number of fused-ring (bicyclic) bond motifs is 3. The Morgan fingerprint density at radius 3 is 2.30 bits per heavy atom. The number of nitrogens with one attached hydrogen (secondary N) is 1. The first-order chi connectivity index (χ1) is 22.3. The summed E-state index contributed by atoms with van der Waals surface area (Å²) in [7, 11) is 5.65. The van der Waals surface area contributed by atoms with Crippen molar-refractivity contribution in [3.8, 4) is 10.4 Å². The van der Waals surface area contributed by atoms with E-state index >= 15 is 0 Å². The summed E-state index contributed by atoms with van der Waals surface area (Å²) in [5.41, 5.74) is 3.82. The topological polar surface area (TPSA) is 87.7 Å². The maximum Gasteiger partial charge on any atom is 0.407 e. The minimum absolute atomic E-state index is 0.0676. The van der Waals surface area contributed by atoms with Crippen LogP contribution in [0.2, 0.25) is 0 Å². The molecule has 5 fully saturated rings. The molecule has 1 aromatic carbocycles. The number of aromatic nitrogens is 2. The molecule has 0 spiro atoms. The number of thiazole rings is 1. The van der Waals surface area contributed by atoms with Gasteiger partial charge in [0.25, 0.3) is 0 Å². The number of hydrogen-bond acceptors (Lipinski definition) is 7. The molecule has 5 aliphatic rings. The second-order valence-corrected chi connectivity index (χ2v) is 15.6. The van der Waals surface area contributed by atoms with Crippen molar-refractivity contribution >= 4 is 34.8 Å². The molecule has 2 aromatic heterocycles. The van der Waals surface area contributed by atoms with E-state index in [1.165, 1.54) is 28.3 Å². The van der Waals surface area contributed by atoms with Crippen LogP contribution in [0.4, 0.5) is 16.3 Å². The van der Waals surface area contributed by atoms with E-state index in [2.05, 4.69) is 57.7 Å². The van der Waals surface area contributed by atoms with Crippen molar-refractivity contribution in [1.29, 1.82) is 0 Å². The third-order valence-corrected chi connectivity index (χ3v) is 12.6. The minimum atomic E-state index is -0.393. The van der Waals surface area contributed by atoms with Gasteiger partial charge in [0, 0.05) is 57.6 Å². The largest absolute Gasteiger partial charge is 0.446 e. The monoisotopic (exact) mass is 641 g/mol. The average Bonchev–Trinajstić information content (AvgIpc) is 3.84. The quantitative estimate of drug-likeness (QED) is 0.258. The van der Waals surface area contributed by atoms with Crippen LogP contribution in [0.25, 0.3) is 10.4 Å². The normalized spacial score (nSPS) is 27.2. The summed E-state index contributed by atoms with van der Waals surface area (Å²) in [6.07, 6.45) is 15.8. The lowest BCUT2D eigenvalue weighted by atomic mass is 9.52.